The van der Waals surface area contributed by atoms with Crippen molar-refractivity contribution in [2.45, 2.75) is 26.5 Å². The second kappa shape index (κ2) is 7.49. The van der Waals surface area contributed by atoms with Gasteiger partial charge in [-0.25, -0.2) is 0 Å². The molecule has 0 spiro atoms. The molecule has 0 saturated carbocycles. The van der Waals surface area contributed by atoms with E-state index in [2.05, 4.69) is 90.5 Å². The fourth-order valence-corrected chi connectivity index (χ4v) is 3.42. The van der Waals surface area contributed by atoms with Crippen molar-refractivity contribution in [2.75, 3.05) is 0 Å². The molecule has 0 unspecified atom stereocenters. The number of hydrogen-bond acceptors (Lipinski definition) is 1. The molecule has 3 aromatic carbocycles. The van der Waals surface area contributed by atoms with Crippen LogP contribution in [0.5, 0.6) is 5.75 Å². The average Bonchev–Trinajstić information content (AvgIpc) is 3.12. The summed E-state index contributed by atoms with van der Waals surface area (Å²) < 4.78 is 8.61. The maximum atomic E-state index is 6.35. The lowest BCUT2D eigenvalue weighted by atomic mass is 10.0. The number of aromatic nitrogens is 1. The van der Waals surface area contributed by atoms with E-state index >= 15 is 0 Å². The van der Waals surface area contributed by atoms with Gasteiger partial charge >= 0.3 is 0 Å². The molecule has 0 saturated heterocycles. The van der Waals surface area contributed by atoms with Crippen molar-refractivity contribution in [3.63, 3.8) is 0 Å². The van der Waals surface area contributed by atoms with Gasteiger partial charge in [0.05, 0.1) is 5.52 Å². The van der Waals surface area contributed by atoms with Gasteiger partial charge in [-0.3, -0.25) is 0 Å². The number of ether oxygens (including phenoxy) is 1. The molecule has 4 aromatic rings. The Morgan fingerprint density at radius 1 is 0.769 bits per heavy atom. The Kier molecular flexibility index (Phi) is 4.74. The van der Waals surface area contributed by atoms with Gasteiger partial charge in [-0.1, -0.05) is 66.7 Å². The highest BCUT2D eigenvalue weighted by atomic mass is 16.5. The predicted molar refractivity (Wildman–Crippen MR) is 108 cm³/mol. The van der Waals surface area contributed by atoms with Gasteiger partial charge in [0.2, 0.25) is 0 Å². The largest absolute Gasteiger partial charge is 0.488 e. The highest BCUT2D eigenvalue weighted by Crippen LogP contribution is 2.33. The smallest absolute Gasteiger partial charge is 0.132 e. The van der Waals surface area contributed by atoms with Gasteiger partial charge in [-0.15, -0.1) is 0 Å². The van der Waals surface area contributed by atoms with Crippen molar-refractivity contribution in [1.82, 2.24) is 4.57 Å². The van der Waals surface area contributed by atoms with Crippen LogP contribution < -0.4 is 4.74 Å². The highest BCUT2D eigenvalue weighted by molar-refractivity contribution is 5.88. The quantitative estimate of drug-likeness (QED) is 0.430. The van der Waals surface area contributed by atoms with E-state index < -0.39 is 0 Å². The number of benzene rings is 3. The van der Waals surface area contributed by atoms with Gasteiger partial charge in [-0.2, -0.15) is 0 Å². The Hall–Kier alpha value is -3.00. The van der Waals surface area contributed by atoms with Crippen molar-refractivity contribution in [2.24, 2.45) is 0 Å². The van der Waals surface area contributed by atoms with Gasteiger partial charge in [-0.05, 0) is 35.7 Å². The molecule has 0 atom stereocenters. The summed E-state index contributed by atoms with van der Waals surface area (Å²) in [5, 5.41) is 1.19. The standard InChI is InChI=1S/C24H23NO/c1-2-25-16-15-22-23(25)14-13-21(17-19-9-5-3-6-10-19)24(22)26-18-20-11-7-4-8-12-20/h3-16H,2,17-18H2,1H3. The van der Waals surface area contributed by atoms with Gasteiger partial charge in [0.15, 0.2) is 0 Å². The Morgan fingerprint density at radius 2 is 1.46 bits per heavy atom. The SMILES string of the molecule is CCn1ccc2c(OCc3ccccc3)c(Cc3ccccc3)ccc21. The third-order valence-electron chi connectivity index (χ3n) is 4.79. The lowest BCUT2D eigenvalue weighted by molar-refractivity contribution is 0.307. The molecule has 0 N–H and O–H groups in total. The molecule has 2 nitrogen and oxygen atoms in total. The van der Waals surface area contributed by atoms with Crippen molar-refractivity contribution in [1.29, 1.82) is 0 Å². The van der Waals surface area contributed by atoms with E-state index in [9.17, 15) is 0 Å². The molecular weight excluding hydrogens is 318 g/mol. The first-order chi connectivity index (χ1) is 12.8. The lowest BCUT2D eigenvalue weighted by Crippen LogP contribution is -2.01. The summed E-state index contributed by atoms with van der Waals surface area (Å²) in [5.41, 5.74) is 4.94. The molecule has 1 heterocycles. The van der Waals surface area contributed by atoms with Crippen LogP contribution in [0, 0.1) is 0 Å². The molecule has 130 valence electrons. The predicted octanol–water partition coefficient (Wildman–Crippen LogP) is 5.83. The topological polar surface area (TPSA) is 14.2 Å². The molecule has 0 amide bonds. The number of nitrogens with zero attached hydrogens (tertiary/aromatic N) is 1. The van der Waals surface area contributed by atoms with Crippen LogP contribution in [0.3, 0.4) is 0 Å². The molecular formula is C24H23NO. The first kappa shape index (κ1) is 16.5. The second-order valence-electron chi connectivity index (χ2n) is 6.53. The van der Waals surface area contributed by atoms with Crippen molar-refractivity contribution >= 4 is 10.9 Å². The summed E-state index contributed by atoms with van der Waals surface area (Å²) in [7, 11) is 0. The Balaban J connectivity index is 1.72. The first-order valence-corrected chi connectivity index (χ1v) is 9.16. The number of fused-ring (bicyclic) bond motifs is 1. The summed E-state index contributed by atoms with van der Waals surface area (Å²) in [6, 6.07) is 27.5. The molecule has 1 aromatic heterocycles. The van der Waals surface area contributed by atoms with Crippen LogP contribution in [0.1, 0.15) is 23.6 Å². The minimum absolute atomic E-state index is 0.582. The van der Waals surface area contributed by atoms with Crippen LogP contribution in [-0.4, -0.2) is 4.57 Å². The average molecular weight is 341 g/mol. The van der Waals surface area contributed by atoms with E-state index in [4.69, 9.17) is 4.74 Å². The third kappa shape index (κ3) is 3.36. The van der Waals surface area contributed by atoms with Crippen molar-refractivity contribution in [3.05, 3.63) is 102 Å². The molecule has 26 heavy (non-hydrogen) atoms. The zero-order valence-electron chi connectivity index (χ0n) is 15.1. The fraction of sp³-hybridized carbons (Fsp3) is 0.167. The zero-order valence-corrected chi connectivity index (χ0v) is 15.1. The first-order valence-electron chi connectivity index (χ1n) is 9.16. The Labute approximate surface area is 154 Å². The summed E-state index contributed by atoms with van der Waals surface area (Å²) in [6.07, 6.45) is 3.02. The van der Waals surface area contributed by atoms with Crippen LogP contribution in [0.2, 0.25) is 0 Å². The molecule has 0 fully saturated rings. The van der Waals surface area contributed by atoms with Crippen molar-refractivity contribution in [3.8, 4) is 5.75 Å². The molecule has 0 bridgehead atoms. The number of hydrogen-bond donors (Lipinski definition) is 0. The maximum Gasteiger partial charge on any atom is 0.132 e. The molecule has 0 radical (unpaired) electrons. The van der Waals surface area contributed by atoms with E-state index in [1.54, 1.807) is 0 Å². The van der Waals surface area contributed by atoms with Crippen LogP contribution in [0.15, 0.2) is 85.1 Å². The zero-order chi connectivity index (χ0) is 17.8. The molecule has 4 rings (SSSR count). The number of rotatable bonds is 6. The minimum atomic E-state index is 0.582. The van der Waals surface area contributed by atoms with Gasteiger partial charge in [0, 0.05) is 24.5 Å². The molecule has 2 heteroatoms. The Bertz CT molecular complexity index is 987. The van der Waals surface area contributed by atoms with Gasteiger partial charge in [0.1, 0.15) is 12.4 Å². The molecule has 0 aliphatic carbocycles. The summed E-state index contributed by atoms with van der Waals surface area (Å²) in [6.45, 7) is 3.71. The van der Waals surface area contributed by atoms with Gasteiger partial charge < -0.3 is 9.30 Å². The van der Waals surface area contributed by atoms with Crippen molar-refractivity contribution < 1.29 is 4.74 Å². The van der Waals surface area contributed by atoms with Crippen LogP contribution >= 0.6 is 0 Å². The molecule has 0 aliphatic rings. The van der Waals surface area contributed by atoms with E-state index in [0.717, 1.165) is 18.7 Å². The third-order valence-corrected chi connectivity index (χ3v) is 4.79. The second-order valence-corrected chi connectivity index (χ2v) is 6.53. The van der Waals surface area contributed by atoms with E-state index in [1.165, 1.54) is 27.6 Å². The number of aryl methyl sites for hydroxylation is 1. The Morgan fingerprint density at radius 3 is 2.15 bits per heavy atom. The molecule has 0 aliphatic heterocycles. The minimum Gasteiger partial charge on any atom is -0.488 e. The summed E-state index contributed by atoms with van der Waals surface area (Å²) in [4.78, 5) is 0. The van der Waals surface area contributed by atoms with E-state index in [-0.39, 0.29) is 0 Å². The fourth-order valence-electron chi connectivity index (χ4n) is 3.42. The van der Waals surface area contributed by atoms with Crippen LogP contribution in [-0.2, 0) is 19.6 Å². The maximum absolute atomic E-state index is 6.35. The van der Waals surface area contributed by atoms with Gasteiger partial charge in [0.25, 0.3) is 0 Å². The van der Waals surface area contributed by atoms with E-state index in [0.29, 0.717) is 6.61 Å². The monoisotopic (exact) mass is 341 g/mol. The highest BCUT2D eigenvalue weighted by Gasteiger charge is 2.13. The lowest BCUT2D eigenvalue weighted by Gasteiger charge is -2.14. The van der Waals surface area contributed by atoms with E-state index in [1.807, 2.05) is 6.07 Å². The normalized spacial score (nSPS) is 11.0. The summed E-state index contributed by atoms with van der Waals surface area (Å²) >= 11 is 0. The van der Waals surface area contributed by atoms with Crippen LogP contribution in [0.25, 0.3) is 10.9 Å². The summed E-state index contributed by atoms with van der Waals surface area (Å²) in [5.74, 6) is 1.00. The van der Waals surface area contributed by atoms with Crippen LogP contribution in [0.4, 0.5) is 0 Å².